The lowest BCUT2D eigenvalue weighted by Gasteiger charge is -2.17. The third-order valence-corrected chi connectivity index (χ3v) is 3.68. The first kappa shape index (κ1) is 12.8. The molecule has 0 spiro atoms. The Kier molecular flexibility index (Phi) is 3.23. The molecule has 20 heavy (non-hydrogen) atoms. The van der Waals surface area contributed by atoms with Crippen molar-refractivity contribution in [2.45, 2.75) is 26.8 Å². The number of hydrogen-bond donors (Lipinski definition) is 2. The fourth-order valence-electron chi connectivity index (χ4n) is 2.74. The van der Waals surface area contributed by atoms with Gasteiger partial charge in [0, 0.05) is 28.8 Å². The van der Waals surface area contributed by atoms with Gasteiger partial charge in [-0.3, -0.25) is 0 Å². The average Bonchev–Trinajstić information content (AvgIpc) is 2.85. The molecule has 0 saturated carbocycles. The zero-order valence-electron chi connectivity index (χ0n) is 12.2. The van der Waals surface area contributed by atoms with Crippen LogP contribution >= 0.6 is 0 Å². The number of aromatic nitrogens is 1. The maximum Gasteiger partial charge on any atom is 0.0485 e. The monoisotopic (exact) mass is 264 g/mol. The van der Waals surface area contributed by atoms with Gasteiger partial charge in [-0.1, -0.05) is 29.3 Å². The SMILES string of the molecule is Cc1cc(C)cc(C(C)Nc2ccc3[nH]ccc3c2)c1. The molecule has 3 aromatic rings. The first-order chi connectivity index (χ1) is 9.61. The van der Waals surface area contributed by atoms with E-state index < -0.39 is 0 Å². The van der Waals surface area contributed by atoms with Crippen LogP contribution in [-0.2, 0) is 0 Å². The Morgan fingerprint density at radius 2 is 1.70 bits per heavy atom. The highest BCUT2D eigenvalue weighted by molar-refractivity contribution is 5.83. The van der Waals surface area contributed by atoms with Crippen LogP contribution < -0.4 is 5.32 Å². The Balaban J connectivity index is 1.85. The van der Waals surface area contributed by atoms with Crippen LogP contribution in [0.2, 0.25) is 0 Å². The minimum absolute atomic E-state index is 0.296. The molecule has 3 rings (SSSR count). The highest BCUT2D eigenvalue weighted by Gasteiger charge is 2.07. The highest BCUT2D eigenvalue weighted by atomic mass is 14.9. The van der Waals surface area contributed by atoms with Crippen molar-refractivity contribution >= 4 is 16.6 Å². The third-order valence-electron chi connectivity index (χ3n) is 3.68. The van der Waals surface area contributed by atoms with Gasteiger partial charge in [0.15, 0.2) is 0 Å². The van der Waals surface area contributed by atoms with Crippen molar-refractivity contribution < 1.29 is 0 Å². The molecular weight excluding hydrogens is 244 g/mol. The van der Waals surface area contributed by atoms with Crippen molar-refractivity contribution in [2.75, 3.05) is 5.32 Å². The molecule has 2 nitrogen and oxygen atoms in total. The van der Waals surface area contributed by atoms with Gasteiger partial charge in [-0.25, -0.2) is 0 Å². The minimum Gasteiger partial charge on any atom is -0.379 e. The van der Waals surface area contributed by atoms with Crippen molar-refractivity contribution in [2.24, 2.45) is 0 Å². The molecule has 1 heterocycles. The Morgan fingerprint density at radius 1 is 0.950 bits per heavy atom. The molecule has 2 aromatic carbocycles. The summed E-state index contributed by atoms with van der Waals surface area (Å²) >= 11 is 0. The smallest absolute Gasteiger partial charge is 0.0485 e. The summed E-state index contributed by atoms with van der Waals surface area (Å²) < 4.78 is 0. The standard InChI is InChI=1S/C18H20N2/c1-12-8-13(2)10-16(9-12)14(3)20-17-4-5-18-15(11-17)6-7-19-18/h4-11,14,19-20H,1-3H3. The van der Waals surface area contributed by atoms with E-state index >= 15 is 0 Å². The molecule has 1 unspecified atom stereocenters. The lowest BCUT2D eigenvalue weighted by Crippen LogP contribution is -2.07. The Morgan fingerprint density at radius 3 is 2.45 bits per heavy atom. The van der Waals surface area contributed by atoms with Gasteiger partial charge in [0.05, 0.1) is 0 Å². The largest absolute Gasteiger partial charge is 0.379 e. The first-order valence-corrected chi connectivity index (χ1v) is 7.04. The van der Waals surface area contributed by atoms with E-state index in [1.54, 1.807) is 0 Å². The van der Waals surface area contributed by atoms with E-state index in [4.69, 9.17) is 0 Å². The Labute approximate surface area is 119 Å². The van der Waals surface area contributed by atoms with Crippen molar-refractivity contribution in [3.05, 3.63) is 65.4 Å². The van der Waals surface area contributed by atoms with E-state index in [0.717, 1.165) is 5.69 Å². The van der Waals surface area contributed by atoms with Gasteiger partial charge in [-0.05, 0) is 50.6 Å². The quantitative estimate of drug-likeness (QED) is 0.687. The molecule has 1 atom stereocenters. The number of benzene rings is 2. The van der Waals surface area contributed by atoms with E-state index in [2.05, 4.69) is 73.5 Å². The number of rotatable bonds is 3. The van der Waals surface area contributed by atoms with Crippen LogP contribution in [0.1, 0.15) is 29.7 Å². The van der Waals surface area contributed by atoms with Crippen molar-refractivity contribution in [3.63, 3.8) is 0 Å². The molecule has 2 heteroatoms. The predicted octanol–water partition coefficient (Wildman–Crippen LogP) is 4.96. The van der Waals surface area contributed by atoms with Crippen LogP contribution in [0.25, 0.3) is 10.9 Å². The summed E-state index contributed by atoms with van der Waals surface area (Å²) in [6.07, 6.45) is 1.97. The zero-order valence-corrected chi connectivity index (χ0v) is 12.2. The third kappa shape index (κ3) is 2.55. The summed E-state index contributed by atoms with van der Waals surface area (Å²) in [5.41, 5.74) is 6.29. The summed E-state index contributed by atoms with van der Waals surface area (Å²) in [4.78, 5) is 3.22. The fraction of sp³-hybridized carbons (Fsp3) is 0.222. The van der Waals surface area contributed by atoms with E-state index in [1.807, 2.05) is 6.20 Å². The number of nitrogens with one attached hydrogen (secondary N) is 2. The van der Waals surface area contributed by atoms with Crippen LogP contribution in [0.15, 0.2) is 48.7 Å². The summed E-state index contributed by atoms with van der Waals surface area (Å²) in [7, 11) is 0. The number of fused-ring (bicyclic) bond motifs is 1. The number of aryl methyl sites for hydroxylation is 2. The van der Waals surface area contributed by atoms with Gasteiger partial charge in [-0.2, -0.15) is 0 Å². The number of H-pyrrole nitrogens is 1. The van der Waals surface area contributed by atoms with Gasteiger partial charge < -0.3 is 10.3 Å². The summed E-state index contributed by atoms with van der Waals surface area (Å²) in [5.74, 6) is 0. The van der Waals surface area contributed by atoms with Gasteiger partial charge in [0.25, 0.3) is 0 Å². The van der Waals surface area contributed by atoms with Gasteiger partial charge in [0.1, 0.15) is 0 Å². The molecule has 102 valence electrons. The van der Waals surface area contributed by atoms with E-state index in [-0.39, 0.29) is 0 Å². The number of hydrogen-bond acceptors (Lipinski definition) is 1. The van der Waals surface area contributed by atoms with Crippen LogP contribution in [0.4, 0.5) is 5.69 Å². The molecule has 0 amide bonds. The molecule has 0 aliphatic rings. The molecular formula is C18H20N2. The van der Waals surface area contributed by atoms with Crippen molar-refractivity contribution in [3.8, 4) is 0 Å². The van der Waals surface area contributed by atoms with Crippen LogP contribution in [0, 0.1) is 13.8 Å². The predicted molar refractivity (Wildman–Crippen MR) is 86.3 cm³/mol. The number of aromatic amines is 1. The van der Waals surface area contributed by atoms with Crippen molar-refractivity contribution in [1.82, 2.24) is 4.98 Å². The second kappa shape index (κ2) is 5.04. The second-order valence-electron chi connectivity index (χ2n) is 5.57. The lowest BCUT2D eigenvalue weighted by molar-refractivity contribution is 0.881. The van der Waals surface area contributed by atoms with Crippen molar-refractivity contribution in [1.29, 1.82) is 0 Å². The summed E-state index contributed by atoms with van der Waals surface area (Å²) in [6, 6.07) is 15.5. The van der Waals surface area contributed by atoms with E-state index in [0.29, 0.717) is 6.04 Å². The van der Waals surface area contributed by atoms with Gasteiger partial charge in [-0.15, -0.1) is 0 Å². The summed E-state index contributed by atoms with van der Waals surface area (Å²) in [6.45, 7) is 6.50. The molecule has 0 bridgehead atoms. The number of anilines is 1. The normalized spacial score (nSPS) is 12.6. The van der Waals surface area contributed by atoms with E-state index in [9.17, 15) is 0 Å². The molecule has 2 N–H and O–H groups in total. The summed E-state index contributed by atoms with van der Waals surface area (Å²) in [5, 5.41) is 4.82. The molecule has 0 aliphatic carbocycles. The lowest BCUT2D eigenvalue weighted by atomic mass is 10.0. The Hall–Kier alpha value is -2.22. The molecule has 0 fully saturated rings. The fourth-order valence-corrected chi connectivity index (χ4v) is 2.74. The zero-order chi connectivity index (χ0) is 14.1. The second-order valence-corrected chi connectivity index (χ2v) is 5.57. The molecule has 1 aromatic heterocycles. The minimum atomic E-state index is 0.296. The van der Waals surface area contributed by atoms with Gasteiger partial charge >= 0.3 is 0 Å². The van der Waals surface area contributed by atoms with Crippen LogP contribution in [0.3, 0.4) is 0 Å². The van der Waals surface area contributed by atoms with E-state index in [1.165, 1.54) is 27.6 Å². The highest BCUT2D eigenvalue weighted by Crippen LogP contribution is 2.24. The van der Waals surface area contributed by atoms with Crippen LogP contribution in [0.5, 0.6) is 0 Å². The van der Waals surface area contributed by atoms with Gasteiger partial charge in [0.2, 0.25) is 0 Å². The Bertz CT molecular complexity index is 720. The first-order valence-electron chi connectivity index (χ1n) is 7.04. The average molecular weight is 264 g/mol. The molecule has 0 saturated heterocycles. The molecule has 0 aliphatic heterocycles. The molecule has 0 radical (unpaired) electrons. The van der Waals surface area contributed by atoms with Crippen LogP contribution in [-0.4, -0.2) is 4.98 Å². The maximum absolute atomic E-state index is 3.58. The topological polar surface area (TPSA) is 27.8 Å². The maximum atomic E-state index is 3.58.